The largest absolute Gasteiger partial charge is 0.490 e. The van der Waals surface area contributed by atoms with Gasteiger partial charge in [0.2, 0.25) is 5.95 Å². The van der Waals surface area contributed by atoms with Crippen LogP contribution in [0.1, 0.15) is 59.1 Å². The van der Waals surface area contributed by atoms with Crippen LogP contribution in [0.5, 0.6) is 11.5 Å². The van der Waals surface area contributed by atoms with Crippen LogP contribution in [0.2, 0.25) is 0 Å². The summed E-state index contributed by atoms with van der Waals surface area (Å²) in [7, 11) is 0. The molecule has 0 bridgehead atoms. The number of para-hydroxylation sites is 2. The molecular weight excluding hydrogens is 430 g/mol. The van der Waals surface area contributed by atoms with Gasteiger partial charge in [-0.2, -0.15) is 0 Å². The van der Waals surface area contributed by atoms with Gasteiger partial charge in [-0.1, -0.05) is 31.5 Å². The van der Waals surface area contributed by atoms with Crippen molar-refractivity contribution in [3.63, 3.8) is 0 Å². The normalized spacial score (nSPS) is 15.3. The number of rotatable bonds is 9. The van der Waals surface area contributed by atoms with Crippen LogP contribution in [0.3, 0.4) is 0 Å². The van der Waals surface area contributed by atoms with Crippen LogP contribution in [0.4, 0.5) is 5.95 Å². The number of fused-ring (bicyclic) bond motifs is 3. The third-order valence-corrected chi connectivity index (χ3v) is 5.73. The first-order chi connectivity index (χ1) is 16.4. The molecule has 0 saturated heterocycles. The fourth-order valence-corrected chi connectivity index (χ4v) is 4.23. The zero-order valence-corrected chi connectivity index (χ0v) is 20.6. The van der Waals surface area contributed by atoms with Crippen molar-refractivity contribution in [3.05, 3.63) is 59.3 Å². The van der Waals surface area contributed by atoms with E-state index in [4.69, 9.17) is 19.2 Å². The molecule has 3 aromatic rings. The topological polar surface area (TPSA) is 74.6 Å². The molecule has 0 aliphatic carbocycles. The molecule has 180 valence electrons. The van der Waals surface area contributed by atoms with Gasteiger partial charge in [-0.25, -0.2) is 9.78 Å². The number of hydrogen-bond donors (Lipinski definition) is 1. The first-order valence-electron chi connectivity index (χ1n) is 12.0. The van der Waals surface area contributed by atoms with Gasteiger partial charge in [-0.05, 0) is 63.9 Å². The van der Waals surface area contributed by atoms with Crippen LogP contribution in [0.15, 0.2) is 53.7 Å². The summed E-state index contributed by atoms with van der Waals surface area (Å²) in [6.07, 6.45) is 1.79. The maximum Gasteiger partial charge on any atom is 0.338 e. The lowest BCUT2D eigenvalue weighted by Gasteiger charge is -2.31. The van der Waals surface area contributed by atoms with Gasteiger partial charge in [0.1, 0.15) is 0 Å². The average molecular weight is 464 g/mol. The molecule has 1 aliphatic rings. The highest BCUT2D eigenvalue weighted by molar-refractivity contribution is 5.94. The zero-order valence-electron chi connectivity index (χ0n) is 20.6. The number of imidazole rings is 1. The van der Waals surface area contributed by atoms with Gasteiger partial charge in [0.15, 0.2) is 11.5 Å². The summed E-state index contributed by atoms with van der Waals surface area (Å²) in [5, 5.41) is 3.31. The Balaban J connectivity index is 1.87. The van der Waals surface area contributed by atoms with Crippen LogP contribution in [-0.2, 0) is 9.53 Å². The quantitative estimate of drug-likeness (QED) is 0.317. The van der Waals surface area contributed by atoms with E-state index in [0.717, 1.165) is 35.1 Å². The average Bonchev–Trinajstić information content (AvgIpc) is 3.16. The number of unbranched alkanes of at least 4 members (excludes halogenated alkanes) is 1. The van der Waals surface area contributed by atoms with E-state index in [1.165, 1.54) is 0 Å². The van der Waals surface area contributed by atoms with E-state index < -0.39 is 6.04 Å². The Morgan fingerprint density at radius 1 is 1.12 bits per heavy atom. The minimum Gasteiger partial charge on any atom is -0.490 e. The van der Waals surface area contributed by atoms with Crippen molar-refractivity contribution >= 4 is 23.0 Å². The first-order valence-corrected chi connectivity index (χ1v) is 12.0. The second kappa shape index (κ2) is 10.2. The van der Waals surface area contributed by atoms with E-state index >= 15 is 0 Å². The molecule has 0 spiro atoms. The standard InChI is InChI=1S/C27H33N3O4/c1-6-8-15-33-22-14-13-19(16-23(22)32-7-2)25-24(26(31)34-17(3)4)18(5)28-27-29-20-11-9-10-12-21(20)30(25)27/h9-14,16-17,25H,6-8,15H2,1-5H3,(H,28,29)/t25-/m0/s1. The molecule has 0 unspecified atom stereocenters. The maximum atomic E-state index is 13.3. The van der Waals surface area contributed by atoms with Crippen molar-refractivity contribution in [3.8, 4) is 11.5 Å². The fourth-order valence-electron chi connectivity index (χ4n) is 4.23. The Labute approximate surface area is 200 Å². The number of anilines is 1. The van der Waals surface area contributed by atoms with Gasteiger partial charge >= 0.3 is 5.97 Å². The highest BCUT2D eigenvalue weighted by Crippen LogP contribution is 2.42. The molecule has 1 atom stereocenters. The fraction of sp³-hybridized carbons (Fsp3) is 0.407. The molecule has 2 heterocycles. The number of carbonyl (C=O) groups is 1. The van der Waals surface area contributed by atoms with E-state index in [1.54, 1.807) is 0 Å². The van der Waals surface area contributed by atoms with Gasteiger partial charge in [0.05, 0.1) is 42.0 Å². The van der Waals surface area contributed by atoms with E-state index in [-0.39, 0.29) is 12.1 Å². The second-order valence-electron chi connectivity index (χ2n) is 8.66. The molecule has 0 saturated carbocycles. The molecule has 34 heavy (non-hydrogen) atoms. The highest BCUT2D eigenvalue weighted by atomic mass is 16.5. The zero-order chi connectivity index (χ0) is 24.2. The number of carbonyl (C=O) groups excluding carboxylic acids is 1. The van der Waals surface area contributed by atoms with Gasteiger partial charge in [0, 0.05) is 5.70 Å². The third-order valence-electron chi connectivity index (χ3n) is 5.73. The van der Waals surface area contributed by atoms with Gasteiger partial charge in [-0.15, -0.1) is 0 Å². The van der Waals surface area contributed by atoms with E-state index in [2.05, 4.69) is 16.8 Å². The van der Waals surface area contributed by atoms with Gasteiger partial charge < -0.3 is 19.5 Å². The summed E-state index contributed by atoms with van der Waals surface area (Å²) in [6.45, 7) is 10.8. The van der Waals surface area contributed by atoms with Crippen molar-refractivity contribution in [1.82, 2.24) is 9.55 Å². The van der Waals surface area contributed by atoms with E-state index in [1.807, 2.05) is 70.2 Å². The molecule has 4 rings (SSSR count). The first kappa shape index (κ1) is 23.7. The number of ether oxygens (including phenoxy) is 3. The smallest absolute Gasteiger partial charge is 0.338 e. The lowest BCUT2D eigenvalue weighted by atomic mass is 9.94. The minimum atomic E-state index is -0.432. The number of nitrogens with one attached hydrogen (secondary N) is 1. The molecule has 2 aromatic carbocycles. The number of benzene rings is 2. The number of esters is 1. The van der Waals surface area contributed by atoms with Crippen LogP contribution in [0, 0.1) is 0 Å². The van der Waals surface area contributed by atoms with Crippen LogP contribution >= 0.6 is 0 Å². The molecule has 0 fully saturated rings. The lowest BCUT2D eigenvalue weighted by molar-refractivity contribution is -0.143. The lowest BCUT2D eigenvalue weighted by Crippen LogP contribution is -2.30. The molecule has 7 nitrogen and oxygen atoms in total. The Morgan fingerprint density at radius 3 is 2.65 bits per heavy atom. The summed E-state index contributed by atoms with van der Waals surface area (Å²) in [4.78, 5) is 18.1. The predicted octanol–water partition coefficient (Wildman–Crippen LogP) is 5.85. The number of nitrogens with zero attached hydrogens (tertiary/aromatic N) is 2. The maximum absolute atomic E-state index is 13.3. The minimum absolute atomic E-state index is 0.234. The monoisotopic (exact) mass is 463 g/mol. The van der Waals surface area contributed by atoms with Crippen molar-refractivity contribution in [2.45, 2.75) is 59.6 Å². The Kier molecular flexibility index (Phi) is 7.10. The second-order valence-corrected chi connectivity index (χ2v) is 8.66. The van der Waals surface area contributed by atoms with Crippen molar-refractivity contribution < 1.29 is 19.0 Å². The molecular formula is C27H33N3O4. The summed E-state index contributed by atoms with van der Waals surface area (Å²) in [5.74, 6) is 1.70. The van der Waals surface area contributed by atoms with Crippen LogP contribution in [0.25, 0.3) is 11.0 Å². The van der Waals surface area contributed by atoms with Crippen molar-refractivity contribution in [1.29, 1.82) is 0 Å². The van der Waals surface area contributed by atoms with E-state index in [9.17, 15) is 4.79 Å². The Morgan fingerprint density at radius 2 is 1.91 bits per heavy atom. The number of hydrogen-bond acceptors (Lipinski definition) is 6. The van der Waals surface area contributed by atoms with Crippen LogP contribution < -0.4 is 14.8 Å². The number of aromatic nitrogens is 2. The number of allylic oxidation sites excluding steroid dienone is 1. The van der Waals surface area contributed by atoms with Crippen molar-refractivity contribution in [2.24, 2.45) is 0 Å². The summed E-state index contributed by atoms with van der Waals surface area (Å²) in [5.41, 5.74) is 3.95. The molecule has 1 aromatic heterocycles. The molecule has 7 heteroatoms. The predicted molar refractivity (Wildman–Crippen MR) is 133 cm³/mol. The summed E-state index contributed by atoms with van der Waals surface area (Å²) in [6, 6.07) is 13.4. The summed E-state index contributed by atoms with van der Waals surface area (Å²) < 4.78 is 19.6. The molecule has 0 amide bonds. The van der Waals surface area contributed by atoms with Gasteiger partial charge in [-0.3, -0.25) is 4.57 Å². The van der Waals surface area contributed by atoms with Crippen molar-refractivity contribution in [2.75, 3.05) is 18.5 Å². The SMILES string of the molecule is CCCCOc1ccc([C@H]2C(C(=O)OC(C)C)=C(C)Nc3nc4ccccc4n32)cc1OCC. The Bertz CT molecular complexity index is 1210. The van der Waals surface area contributed by atoms with E-state index in [0.29, 0.717) is 36.2 Å². The molecule has 0 radical (unpaired) electrons. The van der Waals surface area contributed by atoms with Gasteiger partial charge in [0.25, 0.3) is 0 Å². The van der Waals surface area contributed by atoms with Crippen LogP contribution in [-0.4, -0.2) is 34.8 Å². The molecule has 1 N–H and O–H groups in total. The Hall–Kier alpha value is -3.48. The molecule has 1 aliphatic heterocycles. The summed E-state index contributed by atoms with van der Waals surface area (Å²) >= 11 is 0. The highest BCUT2D eigenvalue weighted by Gasteiger charge is 2.35. The third kappa shape index (κ3) is 4.60.